The number of benzene rings is 2. The second kappa shape index (κ2) is 5.11. The first-order valence-electron chi connectivity index (χ1n) is 6.72. The molecule has 2 aromatic rings. The Morgan fingerprint density at radius 2 is 1.91 bits per heavy atom. The van der Waals surface area contributed by atoms with Gasteiger partial charge in [0.2, 0.25) is 5.75 Å². The van der Waals surface area contributed by atoms with Crippen molar-refractivity contribution in [1.82, 2.24) is 0 Å². The number of hydrogen-bond acceptors (Lipinski definition) is 4. The van der Waals surface area contributed by atoms with E-state index in [4.69, 9.17) is 4.74 Å². The Labute approximate surface area is 127 Å². The predicted octanol–water partition coefficient (Wildman–Crippen LogP) is 2.62. The Kier molecular flexibility index (Phi) is 3.25. The van der Waals surface area contributed by atoms with Crippen LogP contribution in [0, 0.1) is 0 Å². The smallest absolute Gasteiger partial charge is 0.258 e. The first-order chi connectivity index (χ1) is 10.5. The second-order valence-electron chi connectivity index (χ2n) is 5.03. The molecule has 22 heavy (non-hydrogen) atoms. The molecule has 0 spiro atoms. The molecule has 0 saturated heterocycles. The lowest BCUT2D eigenvalue weighted by atomic mass is 10.0. The van der Waals surface area contributed by atoms with E-state index in [-0.39, 0.29) is 23.2 Å². The van der Waals surface area contributed by atoms with E-state index in [9.17, 15) is 15.0 Å². The van der Waals surface area contributed by atoms with E-state index in [0.717, 1.165) is 11.3 Å². The lowest BCUT2D eigenvalue weighted by Gasteiger charge is -2.08. The first kappa shape index (κ1) is 14.0. The molecule has 1 aliphatic rings. The third-order valence-corrected chi connectivity index (χ3v) is 3.70. The summed E-state index contributed by atoms with van der Waals surface area (Å²) >= 11 is 0. The molecule has 1 heterocycles. The van der Waals surface area contributed by atoms with E-state index >= 15 is 0 Å². The molecule has 0 fully saturated rings. The number of para-hydroxylation sites is 1. The molecule has 2 aromatic carbocycles. The summed E-state index contributed by atoms with van der Waals surface area (Å²) in [7, 11) is 3.12. The van der Waals surface area contributed by atoms with Crippen LogP contribution in [0.3, 0.4) is 0 Å². The van der Waals surface area contributed by atoms with Gasteiger partial charge in [0.05, 0.1) is 12.8 Å². The van der Waals surface area contributed by atoms with Gasteiger partial charge in [-0.2, -0.15) is 0 Å². The van der Waals surface area contributed by atoms with E-state index in [1.54, 1.807) is 24.1 Å². The van der Waals surface area contributed by atoms with Crippen molar-refractivity contribution < 1.29 is 19.7 Å². The first-order valence-corrected chi connectivity index (χ1v) is 6.72. The van der Waals surface area contributed by atoms with Crippen molar-refractivity contribution in [3.05, 3.63) is 47.5 Å². The Balaban J connectivity index is 2.14. The molecule has 1 amide bonds. The average molecular weight is 297 g/mol. The SMILES string of the molecule is COc1cc(C=C2C(=O)N(C)c3ccccc32)cc(O)c1O. The number of amides is 1. The summed E-state index contributed by atoms with van der Waals surface area (Å²) in [6.07, 6.45) is 1.67. The molecular formula is C17H15NO4. The van der Waals surface area contributed by atoms with Crippen LogP contribution in [0.2, 0.25) is 0 Å². The standard InChI is InChI=1S/C17H15NO4/c1-18-13-6-4-3-5-11(13)12(17(18)21)7-10-8-14(19)16(20)15(9-10)22-2/h3-9,19-20H,1-2H3. The number of methoxy groups -OCH3 is 1. The van der Waals surface area contributed by atoms with Crippen LogP contribution < -0.4 is 9.64 Å². The highest BCUT2D eigenvalue weighted by molar-refractivity contribution is 6.35. The van der Waals surface area contributed by atoms with Gasteiger partial charge < -0.3 is 19.8 Å². The van der Waals surface area contributed by atoms with Crippen LogP contribution in [0.4, 0.5) is 5.69 Å². The summed E-state index contributed by atoms with van der Waals surface area (Å²) in [5.74, 6) is -0.579. The van der Waals surface area contributed by atoms with Crippen LogP contribution in [0.5, 0.6) is 17.2 Å². The highest BCUT2D eigenvalue weighted by atomic mass is 16.5. The van der Waals surface area contributed by atoms with Gasteiger partial charge in [0.15, 0.2) is 11.5 Å². The maximum Gasteiger partial charge on any atom is 0.258 e. The molecule has 5 nitrogen and oxygen atoms in total. The molecule has 112 valence electrons. The number of likely N-dealkylation sites (N-methyl/N-ethyl adjacent to an activating group) is 1. The van der Waals surface area contributed by atoms with Crippen molar-refractivity contribution in [2.24, 2.45) is 0 Å². The fourth-order valence-electron chi connectivity index (χ4n) is 2.56. The largest absolute Gasteiger partial charge is 0.504 e. The maximum absolute atomic E-state index is 12.4. The summed E-state index contributed by atoms with van der Waals surface area (Å²) in [6.45, 7) is 0. The van der Waals surface area contributed by atoms with Gasteiger partial charge >= 0.3 is 0 Å². The summed E-state index contributed by atoms with van der Waals surface area (Å²) in [5, 5.41) is 19.4. The Morgan fingerprint density at radius 3 is 2.64 bits per heavy atom. The van der Waals surface area contributed by atoms with Gasteiger partial charge in [0.1, 0.15) is 0 Å². The Bertz CT molecular complexity index is 795. The maximum atomic E-state index is 12.4. The summed E-state index contributed by atoms with van der Waals surface area (Å²) in [4.78, 5) is 14.0. The van der Waals surface area contributed by atoms with Crippen LogP contribution in [0.25, 0.3) is 11.6 Å². The monoisotopic (exact) mass is 297 g/mol. The molecule has 0 saturated carbocycles. The van der Waals surface area contributed by atoms with Crippen LogP contribution in [-0.2, 0) is 4.79 Å². The molecule has 3 rings (SSSR count). The van der Waals surface area contributed by atoms with Gasteiger partial charge in [-0.05, 0) is 29.8 Å². The van der Waals surface area contributed by atoms with Crippen molar-refractivity contribution in [2.75, 3.05) is 19.1 Å². The van der Waals surface area contributed by atoms with Crippen molar-refractivity contribution in [1.29, 1.82) is 0 Å². The Hall–Kier alpha value is -2.95. The van der Waals surface area contributed by atoms with E-state index in [0.29, 0.717) is 11.1 Å². The number of hydrogen-bond donors (Lipinski definition) is 2. The molecule has 1 aliphatic heterocycles. The van der Waals surface area contributed by atoms with Gasteiger partial charge in [-0.3, -0.25) is 4.79 Å². The molecule has 2 N–H and O–H groups in total. The highest BCUT2D eigenvalue weighted by Gasteiger charge is 2.29. The minimum Gasteiger partial charge on any atom is -0.504 e. The molecule has 0 atom stereocenters. The fraction of sp³-hybridized carbons (Fsp3) is 0.118. The normalized spacial score (nSPS) is 15.3. The van der Waals surface area contributed by atoms with Crippen LogP contribution in [0.15, 0.2) is 36.4 Å². The topological polar surface area (TPSA) is 70.0 Å². The van der Waals surface area contributed by atoms with Crippen molar-refractivity contribution in [3.8, 4) is 17.2 Å². The van der Waals surface area contributed by atoms with E-state index in [1.165, 1.54) is 13.2 Å². The molecule has 0 bridgehead atoms. The number of phenols is 2. The van der Waals surface area contributed by atoms with Gasteiger partial charge in [0.25, 0.3) is 5.91 Å². The minimum absolute atomic E-state index is 0.118. The molecule has 0 aromatic heterocycles. The fourth-order valence-corrected chi connectivity index (χ4v) is 2.56. The third kappa shape index (κ3) is 2.07. The van der Waals surface area contributed by atoms with Gasteiger partial charge in [-0.15, -0.1) is 0 Å². The van der Waals surface area contributed by atoms with Crippen LogP contribution in [-0.4, -0.2) is 30.3 Å². The minimum atomic E-state index is -0.320. The average Bonchev–Trinajstić information content (AvgIpc) is 2.76. The van der Waals surface area contributed by atoms with Crippen LogP contribution >= 0.6 is 0 Å². The molecule has 5 heteroatoms. The van der Waals surface area contributed by atoms with E-state index in [2.05, 4.69) is 0 Å². The number of anilines is 1. The summed E-state index contributed by atoms with van der Waals surface area (Å²) in [6, 6.07) is 10.5. The number of rotatable bonds is 2. The summed E-state index contributed by atoms with van der Waals surface area (Å²) < 4.78 is 5.01. The number of ether oxygens (including phenoxy) is 1. The molecule has 0 unspecified atom stereocenters. The van der Waals surface area contributed by atoms with E-state index in [1.807, 2.05) is 24.3 Å². The summed E-state index contributed by atoms with van der Waals surface area (Å²) in [5.41, 5.74) is 2.78. The molecule has 0 aliphatic carbocycles. The highest BCUT2D eigenvalue weighted by Crippen LogP contribution is 2.40. The third-order valence-electron chi connectivity index (χ3n) is 3.70. The lowest BCUT2D eigenvalue weighted by molar-refractivity contribution is -0.112. The van der Waals surface area contributed by atoms with Crippen molar-refractivity contribution >= 4 is 23.2 Å². The number of carbonyl (C=O) groups excluding carboxylic acids is 1. The van der Waals surface area contributed by atoms with Gasteiger partial charge in [-0.25, -0.2) is 0 Å². The van der Waals surface area contributed by atoms with Crippen LogP contribution in [0.1, 0.15) is 11.1 Å². The zero-order valence-electron chi connectivity index (χ0n) is 12.2. The quantitative estimate of drug-likeness (QED) is 0.660. The zero-order chi connectivity index (χ0) is 15.9. The molecular weight excluding hydrogens is 282 g/mol. The Morgan fingerprint density at radius 1 is 1.18 bits per heavy atom. The van der Waals surface area contributed by atoms with Crippen molar-refractivity contribution in [3.63, 3.8) is 0 Å². The number of carbonyl (C=O) groups is 1. The second-order valence-corrected chi connectivity index (χ2v) is 5.03. The van der Waals surface area contributed by atoms with Gasteiger partial charge in [0, 0.05) is 18.2 Å². The number of fused-ring (bicyclic) bond motifs is 1. The molecule has 0 radical (unpaired) electrons. The van der Waals surface area contributed by atoms with Gasteiger partial charge in [-0.1, -0.05) is 18.2 Å². The lowest BCUT2D eigenvalue weighted by Crippen LogP contribution is -2.20. The zero-order valence-corrected chi connectivity index (χ0v) is 12.2. The number of phenolic OH excluding ortho intramolecular Hbond substituents is 2. The van der Waals surface area contributed by atoms with Crippen molar-refractivity contribution in [2.45, 2.75) is 0 Å². The predicted molar refractivity (Wildman–Crippen MR) is 84.0 cm³/mol. The van der Waals surface area contributed by atoms with E-state index < -0.39 is 0 Å². The number of nitrogens with zero attached hydrogens (tertiary/aromatic N) is 1. The number of aromatic hydroxyl groups is 2.